The summed E-state index contributed by atoms with van der Waals surface area (Å²) in [7, 11) is 0. The Labute approximate surface area is 181 Å². The maximum atomic E-state index is 12.4. The molecule has 2 rings (SSSR count). The van der Waals surface area contributed by atoms with Gasteiger partial charge in [0.2, 0.25) is 5.91 Å². The van der Waals surface area contributed by atoms with Gasteiger partial charge in [0.25, 0.3) is 5.91 Å². The number of hydrazone groups is 1. The first kappa shape index (κ1) is 22.9. The van der Waals surface area contributed by atoms with Gasteiger partial charge in [0.15, 0.2) is 0 Å². The lowest BCUT2D eigenvalue weighted by Gasteiger charge is -2.08. The lowest BCUT2D eigenvalue weighted by Crippen LogP contribution is -2.18. The lowest BCUT2D eigenvalue weighted by molar-refractivity contribution is -0.121. The first-order valence-electron chi connectivity index (χ1n) is 9.60. The Hall–Kier alpha value is -2.37. The van der Waals surface area contributed by atoms with Gasteiger partial charge in [-0.05, 0) is 49.2 Å². The van der Waals surface area contributed by atoms with Crippen LogP contribution in [0.1, 0.15) is 61.9 Å². The number of rotatable bonds is 9. The molecule has 0 aliphatic rings. The van der Waals surface area contributed by atoms with E-state index in [-0.39, 0.29) is 11.8 Å². The number of amides is 2. The Bertz CT molecular complexity index is 880. The van der Waals surface area contributed by atoms with Crippen LogP contribution >= 0.6 is 23.2 Å². The molecular formula is C22H25Cl2N3O2. The molecule has 0 radical (unpaired) electrons. The molecule has 2 N–H and O–H groups in total. The monoisotopic (exact) mass is 433 g/mol. The summed E-state index contributed by atoms with van der Waals surface area (Å²) < 4.78 is 0. The Morgan fingerprint density at radius 1 is 1.00 bits per heavy atom. The molecule has 0 aliphatic heterocycles. The normalized spacial score (nSPS) is 11.2. The Morgan fingerprint density at radius 2 is 1.72 bits per heavy atom. The van der Waals surface area contributed by atoms with E-state index in [1.165, 1.54) is 6.07 Å². The summed E-state index contributed by atoms with van der Waals surface area (Å²) in [5.41, 5.74) is 5.09. The fourth-order valence-corrected chi connectivity index (χ4v) is 3.14. The van der Waals surface area contributed by atoms with Crippen molar-refractivity contribution in [2.75, 3.05) is 5.32 Å². The van der Waals surface area contributed by atoms with Gasteiger partial charge < -0.3 is 5.32 Å². The summed E-state index contributed by atoms with van der Waals surface area (Å²) in [6, 6.07) is 11.9. The number of halogens is 2. The largest absolute Gasteiger partial charge is 0.322 e. The molecule has 0 unspecified atom stereocenters. The minimum atomic E-state index is -0.319. The molecule has 0 aliphatic carbocycles. The van der Waals surface area contributed by atoms with Gasteiger partial charge in [-0.1, -0.05) is 61.5 Å². The maximum Gasteiger partial charge on any atom is 0.257 e. The number of benzene rings is 2. The van der Waals surface area contributed by atoms with E-state index in [2.05, 4.69) is 22.8 Å². The van der Waals surface area contributed by atoms with Crippen LogP contribution in [-0.4, -0.2) is 17.5 Å². The van der Waals surface area contributed by atoms with Crippen LogP contribution < -0.4 is 10.7 Å². The fraction of sp³-hybridized carbons (Fsp3) is 0.318. The molecule has 0 fully saturated rings. The van der Waals surface area contributed by atoms with E-state index in [1.54, 1.807) is 24.3 Å². The minimum Gasteiger partial charge on any atom is -0.322 e. The van der Waals surface area contributed by atoms with Crippen molar-refractivity contribution in [2.24, 2.45) is 5.10 Å². The van der Waals surface area contributed by atoms with Crippen molar-refractivity contribution in [3.63, 3.8) is 0 Å². The number of nitrogens with zero attached hydrogens (tertiary/aromatic N) is 1. The zero-order valence-electron chi connectivity index (χ0n) is 16.6. The van der Waals surface area contributed by atoms with Gasteiger partial charge in [-0.2, -0.15) is 5.10 Å². The van der Waals surface area contributed by atoms with Gasteiger partial charge in [-0.15, -0.1) is 0 Å². The highest BCUT2D eigenvalue weighted by Gasteiger charge is 2.11. The summed E-state index contributed by atoms with van der Waals surface area (Å²) in [4.78, 5) is 24.2. The Morgan fingerprint density at radius 3 is 2.38 bits per heavy atom. The van der Waals surface area contributed by atoms with Crippen LogP contribution in [0.2, 0.25) is 10.0 Å². The number of hydrogen-bond donors (Lipinski definition) is 2. The molecule has 0 atom stereocenters. The highest BCUT2D eigenvalue weighted by atomic mass is 35.5. The summed E-state index contributed by atoms with van der Waals surface area (Å²) in [6.45, 7) is 3.95. The van der Waals surface area contributed by atoms with E-state index in [0.717, 1.165) is 31.2 Å². The molecule has 0 saturated carbocycles. The van der Waals surface area contributed by atoms with E-state index >= 15 is 0 Å². The van der Waals surface area contributed by atoms with Crippen molar-refractivity contribution < 1.29 is 9.59 Å². The standard InChI is InChI=1S/C22H25Cl2N3O2/c1-3-4-5-6-7-21(28)27-26-15(2)16-8-11-18(12-9-16)25-22(29)19-13-10-17(23)14-20(19)24/h8-14H,3-7H2,1-2H3,(H,25,29)(H,27,28). The van der Waals surface area contributed by atoms with Crippen molar-refractivity contribution in [1.82, 2.24) is 5.43 Å². The molecule has 2 aromatic rings. The van der Waals surface area contributed by atoms with Crippen LogP contribution in [-0.2, 0) is 4.79 Å². The molecule has 0 aromatic heterocycles. The molecule has 0 saturated heterocycles. The van der Waals surface area contributed by atoms with Crippen LogP contribution in [0, 0.1) is 0 Å². The molecular weight excluding hydrogens is 409 g/mol. The Balaban J connectivity index is 1.91. The summed E-state index contributed by atoms with van der Waals surface area (Å²) in [6.07, 6.45) is 4.70. The van der Waals surface area contributed by atoms with Gasteiger partial charge in [0, 0.05) is 17.1 Å². The second-order valence-corrected chi connectivity index (χ2v) is 7.54. The molecule has 0 bridgehead atoms. The van der Waals surface area contributed by atoms with Crippen LogP contribution in [0.4, 0.5) is 5.69 Å². The smallest absolute Gasteiger partial charge is 0.257 e. The number of unbranched alkanes of at least 4 members (excludes halogenated alkanes) is 3. The van der Waals surface area contributed by atoms with Crippen LogP contribution in [0.15, 0.2) is 47.6 Å². The minimum absolute atomic E-state index is 0.0795. The summed E-state index contributed by atoms with van der Waals surface area (Å²) in [5, 5.41) is 7.71. The number of anilines is 1. The van der Waals surface area contributed by atoms with Crippen molar-refractivity contribution in [3.8, 4) is 0 Å². The number of carbonyl (C=O) groups excluding carboxylic acids is 2. The topological polar surface area (TPSA) is 70.6 Å². The van der Waals surface area contributed by atoms with Gasteiger partial charge >= 0.3 is 0 Å². The molecule has 5 nitrogen and oxygen atoms in total. The third-order valence-electron chi connectivity index (χ3n) is 4.34. The van der Waals surface area contributed by atoms with Gasteiger partial charge in [-0.25, -0.2) is 5.43 Å². The molecule has 2 amide bonds. The van der Waals surface area contributed by atoms with E-state index in [4.69, 9.17) is 23.2 Å². The number of nitrogens with one attached hydrogen (secondary N) is 2. The van der Waals surface area contributed by atoms with Crippen molar-refractivity contribution >= 4 is 46.4 Å². The highest BCUT2D eigenvalue weighted by molar-refractivity contribution is 6.37. The first-order chi connectivity index (χ1) is 13.9. The van der Waals surface area contributed by atoms with Crippen molar-refractivity contribution in [3.05, 3.63) is 63.6 Å². The van der Waals surface area contributed by atoms with Crippen LogP contribution in [0.3, 0.4) is 0 Å². The fourth-order valence-electron chi connectivity index (χ4n) is 2.65. The molecule has 0 spiro atoms. The molecule has 2 aromatic carbocycles. The number of hydrogen-bond acceptors (Lipinski definition) is 3. The second-order valence-electron chi connectivity index (χ2n) is 6.70. The van der Waals surface area contributed by atoms with Crippen molar-refractivity contribution in [1.29, 1.82) is 0 Å². The molecule has 154 valence electrons. The average molecular weight is 434 g/mol. The summed E-state index contributed by atoms with van der Waals surface area (Å²) in [5.74, 6) is -0.399. The van der Waals surface area contributed by atoms with Gasteiger partial charge in [-0.3, -0.25) is 9.59 Å². The SMILES string of the molecule is CCCCCCC(=O)NN=C(C)c1ccc(NC(=O)c2ccc(Cl)cc2Cl)cc1. The predicted molar refractivity (Wildman–Crippen MR) is 120 cm³/mol. The van der Waals surface area contributed by atoms with E-state index in [0.29, 0.717) is 33.4 Å². The second kappa shape index (κ2) is 11.6. The maximum absolute atomic E-state index is 12.4. The zero-order valence-corrected chi connectivity index (χ0v) is 18.1. The Kier molecular flexibility index (Phi) is 9.16. The first-order valence-corrected chi connectivity index (χ1v) is 10.4. The zero-order chi connectivity index (χ0) is 21.2. The third-order valence-corrected chi connectivity index (χ3v) is 4.89. The average Bonchev–Trinajstić information content (AvgIpc) is 2.70. The van der Waals surface area contributed by atoms with Gasteiger partial charge in [0.05, 0.1) is 16.3 Å². The van der Waals surface area contributed by atoms with Crippen molar-refractivity contribution in [2.45, 2.75) is 46.0 Å². The number of carbonyl (C=O) groups is 2. The van der Waals surface area contributed by atoms with E-state index in [9.17, 15) is 9.59 Å². The highest BCUT2D eigenvalue weighted by Crippen LogP contribution is 2.22. The molecule has 7 heteroatoms. The van der Waals surface area contributed by atoms with E-state index in [1.807, 2.05) is 19.1 Å². The molecule has 0 heterocycles. The quantitative estimate of drug-likeness (QED) is 0.286. The predicted octanol–water partition coefficient (Wildman–Crippen LogP) is 6.06. The van der Waals surface area contributed by atoms with E-state index < -0.39 is 0 Å². The van der Waals surface area contributed by atoms with Crippen LogP contribution in [0.25, 0.3) is 0 Å². The summed E-state index contributed by atoms with van der Waals surface area (Å²) >= 11 is 11.9. The third kappa shape index (κ3) is 7.52. The lowest BCUT2D eigenvalue weighted by atomic mass is 10.1. The molecule has 29 heavy (non-hydrogen) atoms. The van der Waals surface area contributed by atoms with Gasteiger partial charge in [0.1, 0.15) is 0 Å². The van der Waals surface area contributed by atoms with Crippen LogP contribution in [0.5, 0.6) is 0 Å².